The minimum Gasteiger partial charge on any atom is -0.377 e. The Morgan fingerprint density at radius 3 is 2.46 bits per heavy atom. The maximum Gasteiger partial charge on any atom is 0.148 e. The second-order valence-corrected chi connectivity index (χ2v) is 3.56. The zero-order valence-corrected chi connectivity index (χ0v) is 7.70. The molecule has 4 nitrogen and oxygen atoms in total. The van der Waals surface area contributed by atoms with E-state index in [-0.39, 0.29) is 6.04 Å². The van der Waals surface area contributed by atoms with Crippen molar-refractivity contribution in [2.45, 2.75) is 12.5 Å². The summed E-state index contributed by atoms with van der Waals surface area (Å²) in [6, 6.07) is 0.286. The quantitative estimate of drug-likeness (QED) is 0.561. The molecule has 4 heteroatoms. The Balaban J connectivity index is 1.87. The van der Waals surface area contributed by atoms with Crippen LogP contribution >= 0.6 is 0 Å². The third-order valence-corrected chi connectivity index (χ3v) is 2.57. The summed E-state index contributed by atoms with van der Waals surface area (Å²) in [6.45, 7) is 4.21. The Hall–Kier alpha value is -0.450. The second kappa shape index (κ2) is 4.17. The summed E-state index contributed by atoms with van der Waals surface area (Å²) in [5, 5.41) is 0. The van der Waals surface area contributed by atoms with Crippen molar-refractivity contribution in [3.8, 4) is 0 Å². The molecule has 0 radical (unpaired) electrons. The van der Waals surface area contributed by atoms with Gasteiger partial charge in [-0.1, -0.05) is 0 Å². The van der Waals surface area contributed by atoms with Crippen LogP contribution < -0.4 is 0 Å². The molecule has 0 spiro atoms. The van der Waals surface area contributed by atoms with Crippen molar-refractivity contribution in [2.75, 3.05) is 39.5 Å². The van der Waals surface area contributed by atoms with Gasteiger partial charge in [-0.2, -0.15) is 0 Å². The number of rotatable bonds is 1. The third kappa shape index (κ3) is 2.27. The minimum absolute atomic E-state index is 0.286. The van der Waals surface area contributed by atoms with Crippen molar-refractivity contribution in [3.63, 3.8) is 0 Å². The van der Waals surface area contributed by atoms with E-state index in [2.05, 4.69) is 4.90 Å². The lowest BCUT2D eigenvalue weighted by Crippen LogP contribution is -2.39. The maximum absolute atomic E-state index is 11.1. The largest absolute Gasteiger partial charge is 0.377 e. The fraction of sp³-hybridized carbons (Fsp3) is 0.889. The molecule has 0 N–H and O–H groups in total. The molecule has 0 aromatic carbocycles. The monoisotopic (exact) mass is 185 g/mol. The summed E-state index contributed by atoms with van der Waals surface area (Å²) in [6.07, 6.45) is 0.691. The van der Waals surface area contributed by atoms with E-state index in [4.69, 9.17) is 9.47 Å². The lowest BCUT2D eigenvalue weighted by Gasteiger charge is -2.23. The molecule has 2 heterocycles. The van der Waals surface area contributed by atoms with Crippen molar-refractivity contribution < 1.29 is 14.3 Å². The molecule has 0 aromatic heterocycles. The molecule has 2 fully saturated rings. The molecule has 2 aliphatic rings. The SMILES string of the molecule is O=C1CCN(C2COCCOC2)C1. The van der Waals surface area contributed by atoms with Gasteiger partial charge in [0.05, 0.1) is 39.0 Å². The molecule has 0 unspecified atom stereocenters. The molecule has 0 saturated carbocycles. The van der Waals surface area contributed by atoms with Crippen LogP contribution in [0.5, 0.6) is 0 Å². The van der Waals surface area contributed by atoms with Gasteiger partial charge in [-0.15, -0.1) is 0 Å². The predicted molar refractivity (Wildman–Crippen MR) is 46.6 cm³/mol. The predicted octanol–water partition coefficient (Wildman–Crippen LogP) is -0.323. The van der Waals surface area contributed by atoms with E-state index in [9.17, 15) is 4.79 Å². The number of ether oxygens (including phenoxy) is 2. The van der Waals surface area contributed by atoms with Crippen molar-refractivity contribution in [1.29, 1.82) is 0 Å². The molecule has 74 valence electrons. The van der Waals surface area contributed by atoms with E-state index in [0.29, 0.717) is 45.2 Å². The molecular formula is C9H15NO3. The van der Waals surface area contributed by atoms with Gasteiger partial charge in [0.15, 0.2) is 0 Å². The highest BCUT2D eigenvalue weighted by Crippen LogP contribution is 2.11. The van der Waals surface area contributed by atoms with E-state index in [0.717, 1.165) is 6.54 Å². The zero-order valence-electron chi connectivity index (χ0n) is 7.70. The van der Waals surface area contributed by atoms with Crippen molar-refractivity contribution in [1.82, 2.24) is 4.90 Å². The molecule has 2 rings (SSSR count). The first-order valence-electron chi connectivity index (χ1n) is 4.77. The summed E-state index contributed by atoms with van der Waals surface area (Å²) in [7, 11) is 0. The number of hydrogen-bond donors (Lipinski definition) is 0. The van der Waals surface area contributed by atoms with Gasteiger partial charge in [0.25, 0.3) is 0 Å². The first-order chi connectivity index (χ1) is 6.36. The van der Waals surface area contributed by atoms with E-state index in [1.807, 2.05) is 0 Å². The van der Waals surface area contributed by atoms with Crippen LogP contribution in [-0.4, -0.2) is 56.2 Å². The number of carbonyl (C=O) groups excluding carboxylic acids is 1. The van der Waals surface area contributed by atoms with Gasteiger partial charge in [-0.25, -0.2) is 0 Å². The Kier molecular flexibility index (Phi) is 2.93. The number of ketones is 1. The van der Waals surface area contributed by atoms with Crippen LogP contribution in [0.15, 0.2) is 0 Å². The Labute approximate surface area is 77.8 Å². The summed E-state index contributed by atoms with van der Waals surface area (Å²) < 4.78 is 10.8. The number of Topliss-reactive ketones (excluding diaryl/α,β-unsaturated/α-hetero) is 1. The zero-order chi connectivity index (χ0) is 9.10. The lowest BCUT2D eigenvalue weighted by molar-refractivity contribution is -0.117. The van der Waals surface area contributed by atoms with Gasteiger partial charge in [0.2, 0.25) is 0 Å². The molecule has 0 atom stereocenters. The van der Waals surface area contributed by atoms with E-state index in [1.165, 1.54) is 0 Å². The van der Waals surface area contributed by atoms with Crippen LogP contribution in [0.2, 0.25) is 0 Å². The minimum atomic E-state index is 0.286. The average Bonchev–Trinajstić information content (AvgIpc) is 2.43. The lowest BCUT2D eigenvalue weighted by atomic mass is 10.3. The van der Waals surface area contributed by atoms with E-state index in [1.54, 1.807) is 0 Å². The van der Waals surface area contributed by atoms with Crippen LogP contribution in [0.1, 0.15) is 6.42 Å². The molecule has 2 aliphatic heterocycles. The highest BCUT2D eigenvalue weighted by atomic mass is 16.5. The third-order valence-electron chi connectivity index (χ3n) is 2.57. The maximum atomic E-state index is 11.1. The van der Waals surface area contributed by atoms with E-state index >= 15 is 0 Å². The normalized spacial score (nSPS) is 27.8. The molecular weight excluding hydrogens is 170 g/mol. The van der Waals surface area contributed by atoms with Gasteiger partial charge in [0.1, 0.15) is 5.78 Å². The fourth-order valence-corrected chi connectivity index (χ4v) is 1.78. The van der Waals surface area contributed by atoms with Crippen molar-refractivity contribution in [3.05, 3.63) is 0 Å². The second-order valence-electron chi connectivity index (χ2n) is 3.56. The summed E-state index contributed by atoms with van der Waals surface area (Å²) in [5.41, 5.74) is 0. The van der Waals surface area contributed by atoms with Gasteiger partial charge in [-0.05, 0) is 0 Å². The Bertz CT molecular complexity index is 187. The molecule has 0 aromatic rings. The standard InChI is InChI=1S/C9H15NO3/c11-9-1-2-10(5-9)8-6-12-3-4-13-7-8/h8H,1-7H2. The summed E-state index contributed by atoms with van der Waals surface area (Å²) >= 11 is 0. The fourth-order valence-electron chi connectivity index (χ4n) is 1.78. The van der Waals surface area contributed by atoms with Crippen LogP contribution in [-0.2, 0) is 14.3 Å². The summed E-state index contributed by atoms with van der Waals surface area (Å²) in [4.78, 5) is 13.2. The average molecular weight is 185 g/mol. The molecule has 0 amide bonds. The molecule has 0 bridgehead atoms. The van der Waals surface area contributed by atoms with Crippen LogP contribution in [0.3, 0.4) is 0 Å². The highest BCUT2D eigenvalue weighted by molar-refractivity contribution is 5.82. The van der Waals surface area contributed by atoms with Crippen LogP contribution in [0.25, 0.3) is 0 Å². The van der Waals surface area contributed by atoms with Gasteiger partial charge >= 0.3 is 0 Å². The van der Waals surface area contributed by atoms with E-state index < -0.39 is 0 Å². The first kappa shape index (κ1) is 9.12. The smallest absolute Gasteiger partial charge is 0.148 e. The Morgan fingerprint density at radius 1 is 1.23 bits per heavy atom. The molecule has 13 heavy (non-hydrogen) atoms. The van der Waals surface area contributed by atoms with Crippen LogP contribution in [0, 0.1) is 0 Å². The first-order valence-corrected chi connectivity index (χ1v) is 4.77. The highest BCUT2D eigenvalue weighted by Gasteiger charge is 2.27. The number of nitrogens with zero attached hydrogens (tertiary/aromatic N) is 1. The number of hydrogen-bond acceptors (Lipinski definition) is 4. The van der Waals surface area contributed by atoms with Crippen LogP contribution in [0.4, 0.5) is 0 Å². The summed E-state index contributed by atoms with van der Waals surface area (Å²) in [5.74, 6) is 0.337. The van der Waals surface area contributed by atoms with Gasteiger partial charge in [0, 0.05) is 13.0 Å². The topological polar surface area (TPSA) is 38.8 Å². The molecule has 2 saturated heterocycles. The van der Waals surface area contributed by atoms with Crippen molar-refractivity contribution in [2.24, 2.45) is 0 Å². The Morgan fingerprint density at radius 2 is 1.92 bits per heavy atom. The molecule has 0 aliphatic carbocycles. The number of likely N-dealkylation sites (tertiary alicyclic amines) is 1. The van der Waals surface area contributed by atoms with Gasteiger partial charge < -0.3 is 9.47 Å². The number of carbonyl (C=O) groups is 1. The van der Waals surface area contributed by atoms with Crippen molar-refractivity contribution >= 4 is 5.78 Å². The van der Waals surface area contributed by atoms with Gasteiger partial charge in [-0.3, -0.25) is 9.69 Å².